The zero-order valence-electron chi connectivity index (χ0n) is 12.9. The molecule has 2 N–H and O–H groups in total. The fourth-order valence-electron chi connectivity index (χ4n) is 2.41. The van der Waals surface area contributed by atoms with Gasteiger partial charge in [-0.2, -0.15) is 4.98 Å². The van der Waals surface area contributed by atoms with Gasteiger partial charge in [0.25, 0.3) is 5.91 Å². The van der Waals surface area contributed by atoms with Crippen LogP contribution in [0.3, 0.4) is 0 Å². The summed E-state index contributed by atoms with van der Waals surface area (Å²) in [5.41, 5.74) is 1.60. The lowest BCUT2D eigenvalue weighted by Crippen LogP contribution is -2.13. The molecule has 3 aromatic rings. The highest BCUT2D eigenvalue weighted by Gasteiger charge is 2.11. The van der Waals surface area contributed by atoms with E-state index >= 15 is 0 Å². The van der Waals surface area contributed by atoms with Crippen LogP contribution in [0, 0.1) is 5.92 Å². The number of aromatic nitrogens is 4. The second-order valence-corrected chi connectivity index (χ2v) is 5.86. The number of benzene rings is 1. The van der Waals surface area contributed by atoms with Gasteiger partial charge < -0.3 is 4.57 Å². The van der Waals surface area contributed by atoms with Crippen molar-refractivity contribution in [1.29, 1.82) is 0 Å². The molecule has 0 saturated heterocycles. The third kappa shape index (κ3) is 2.86. The third-order valence-electron chi connectivity index (χ3n) is 3.51. The number of fused-ring (bicyclic) bond motifs is 1. The van der Waals surface area contributed by atoms with Crippen molar-refractivity contribution in [2.45, 2.75) is 20.3 Å². The average molecular weight is 297 g/mol. The summed E-state index contributed by atoms with van der Waals surface area (Å²) in [6, 6.07) is 7.63. The summed E-state index contributed by atoms with van der Waals surface area (Å²) >= 11 is 0. The van der Waals surface area contributed by atoms with Gasteiger partial charge >= 0.3 is 0 Å². The molecule has 0 aliphatic carbocycles. The monoisotopic (exact) mass is 297 g/mol. The van der Waals surface area contributed by atoms with E-state index < -0.39 is 0 Å². The van der Waals surface area contributed by atoms with Crippen molar-refractivity contribution in [3.63, 3.8) is 0 Å². The minimum absolute atomic E-state index is 0.210. The lowest BCUT2D eigenvalue weighted by molar-refractivity contribution is 0.102. The van der Waals surface area contributed by atoms with Crippen LogP contribution in [-0.4, -0.2) is 25.7 Å². The van der Waals surface area contributed by atoms with E-state index in [1.54, 1.807) is 6.07 Å². The Morgan fingerprint density at radius 1 is 1.36 bits per heavy atom. The molecule has 114 valence electrons. The molecule has 0 bridgehead atoms. The molecule has 3 rings (SSSR count). The number of rotatable bonds is 4. The Hall–Kier alpha value is -2.63. The number of aryl methyl sites for hydroxylation is 1. The molecule has 0 spiro atoms. The highest BCUT2D eigenvalue weighted by atomic mass is 16.1. The van der Waals surface area contributed by atoms with Crippen LogP contribution in [0.1, 0.15) is 30.0 Å². The minimum atomic E-state index is -0.210. The van der Waals surface area contributed by atoms with Crippen LogP contribution in [0.25, 0.3) is 10.9 Å². The summed E-state index contributed by atoms with van der Waals surface area (Å²) in [5.74, 6) is 1.37. The van der Waals surface area contributed by atoms with E-state index in [0.717, 1.165) is 23.1 Å². The SMILES string of the molecule is CC(C)Cc1nc(NC(=O)c2ccc3ccn(C)c3c2)n[nH]1. The summed E-state index contributed by atoms with van der Waals surface area (Å²) < 4.78 is 1.99. The number of hydrogen-bond donors (Lipinski definition) is 2. The van der Waals surface area contributed by atoms with Gasteiger partial charge in [-0.15, -0.1) is 5.10 Å². The van der Waals surface area contributed by atoms with Gasteiger partial charge in [-0.05, 0) is 29.5 Å². The molecule has 22 heavy (non-hydrogen) atoms. The van der Waals surface area contributed by atoms with Crippen LogP contribution in [0.5, 0.6) is 0 Å². The molecule has 0 fully saturated rings. The first-order chi connectivity index (χ1) is 10.5. The smallest absolute Gasteiger partial charge is 0.258 e. The molecule has 0 radical (unpaired) electrons. The number of aromatic amines is 1. The van der Waals surface area contributed by atoms with E-state index in [2.05, 4.69) is 34.3 Å². The number of anilines is 1. The predicted molar refractivity (Wildman–Crippen MR) is 85.8 cm³/mol. The molecule has 1 aromatic carbocycles. The molecule has 0 unspecified atom stereocenters. The molecule has 2 aromatic heterocycles. The van der Waals surface area contributed by atoms with E-state index in [-0.39, 0.29) is 5.91 Å². The van der Waals surface area contributed by atoms with Gasteiger partial charge in [-0.1, -0.05) is 19.9 Å². The molecule has 6 heteroatoms. The fourth-order valence-corrected chi connectivity index (χ4v) is 2.41. The van der Waals surface area contributed by atoms with E-state index in [4.69, 9.17) is 0 Å². The highest BCUT2D eigenvalue weighted by molar-refractivity contribution is 6.05. The van der Waals surface area contributed by atoms with Crippen molar-refractivity contribution in [2.24, 2.45) is 13.0 Å². The molecule has 0 aliphatic rings. The first kappa shape index (κ1) is 14.3. The molecule has 0 aliphatic heterocycles. The number of carbonyl (C=O) groups excluding carboxylic acids is 1. The lowest BCUT2D eigenvalue weighted by atomic mass is 10.1. The standard InChI is InChI=1S/C16H19N5O/c1-10(2)8-14-17-16(20-19-14)18-15(22)12-5-4-11-6-7-21(3)13(11)9-12/h4-7,9-10H,8H2,1-3H3,(H2,17,18,19,20,22). The Morgan fingerprint density at radius 3 is 2.95 bits per heavy atom. The quantitative estimate of drug-likeness (QED) is 0.777. The van der Waals surface area contributed by atoms with Gasteiger partial charge in [-0.3, -0.25) is 15.2 Å². The lowest BCUT2D eigenvalue weighted by Gasteiger charge is -2.03. The molecular weight excluding hydrogens is 278 g/mol. The van der Waals surface area contributed by atoms with Crippen LogP contribution < -0.4 is 5.32 Å². The zero-order chi connectivity index (χ0) is 15.7. The summed E-state index contributed by atoms with van der Waals surface area (Å²) in [4.78, 5) is 16.6. The number of nitrogens with one attached hydrogen (secondary N) is 2. The van der Waals surface area contributed by atoms with Crippen molar-refractivity contribution in [3.8, 4) is 0 Å². The topological polar surface area (TPSA) is 75.6 Å². The summed E-state index contributed by atoms with van der Waals surface area (Å²) in [7, 11) is 1.96. The first-order valence-electron chi connectivity index (χ1n) is 7.30. The maximum absolute atomic E-state index is 12.3. The van der Waals surface area contributed by atoms with Crippen molar-refractivity contribution < 1.29 is 4.79 Å². The van der Waals surface area contributed by atoms with E-state index in [1.807, 2.05) is 36.0 Å². The van der Waals surface area contributed by atoms with Crippen LogP contribution in [0.4, 0.5) is 5.95 Å². The number of nitrogens with zero attached hydrogens (tertiary/aromatic N) is 3. The van der Waals surface area contributed by atoms with Gasteiger partial charge in [-0.25, -0.2) is 0 Å². The number of H-pyrrole nitrogens is 1. The molecule has 1 amide bonds. The second-order valence-electron chi connectivity index (χ2n) is 5.86. The molecule has 0 saturated carbocycles. The first-order valence-corrected chi connectivity index (χ1v) is 7.30. The zero-order valence-corrected chi connectivity index (χ0v) is 12.9. The van der Waals surface area contributed by atoms with Crippen LogP contribution in [0.2, 0.25) is 0 Å². The van der Waals surface area contributed by atoms with E-state index in [9.17, 15) is 4.79 Å². The predicted octanol–water partition coefficient (Wildman–Crippen LogP) is 2.75. The van der Waals surface area contributed by atoms with E-state index in [0.29, 0.717) is 17.4 Å². The van der Waals surface area contributed by atoms with Crippen LogP contribution >= 0.6 is 0 Å². The Bertz CT molecular complexity index is 815. The van der Waals surface area contributed by atoms with Crippen LogP contribution in [-0.2, 0) is 13.5 Å². The number of hydrogen-bond acceptors (Lipinski definition) is 3. The molecule has 2 heterocycles. The normalized spacial score (nSPS) is 11.3. The maximum Gasteiger partial charge on any atom is 0.258 e. The number of amides is 1. The Balaban J connectivity index is 1.77. The second kappa shape index (κ2) is 5.63. The molecule has 6 nitrogen and oxygen atoms in total. The van der Waals surface area contributed by atoms with Crippen molar-refractivity contribution in [1.82, 2.24) is 19.7 Å². The molecular formula is C16H19N5O. The summed E-state index contributed by atoms with van der Waals surface area (Å²) in [6.45, 7) is 4.21. The van der Waals surface area contributed by atoms with Gasteiger partial charge in [0.2, 0.25) is 5.95 Å². The Kier molecular flexibility index (Phi) is 3.66. The number of carbonyl (C=O) groups is 1. The van der Waals surface area contributed by atoms with Crippen molar-refractivity contribution >= 4 is 22.8 Å². The summed E-state index contributed by atoms with van der Waals surface area (Å²) in [5, 5.41) is 10.7. The van der Waals surface area contributed by atoms with Crippen molar-refractivity contribution in [3.05, 3.63) is 41.9 Å². The maximum atomic E-state index is 12.3. The fraction of sp³-hybridized carbons (Fsp3) is 0.312. The average Bonchev–Trinajstić information content (AvgIpc) is 3.05. The van der Waals surface area contributed by atoms with E-state index in [1.165, 1.54) is 0 Å². The minimum Gasteiger partial charge on any atom is -0.351 e. The van der Waals surface area contributed by atoms with Gasteiger partial charge in [0.15, 0.2) is 0 Å². The Morgan fingerprint density at radius 2 is 2.18 bits per heavy atom. The van der Waals surface area contributed by atoms with Gasteiger partial charge in [0, 0.05) is 30.7 Å². The Labute approximate surface area is 128 Å². The largest absolute Gasteiger partial charge is 0.351 e. The molecule has 0 atom stereocenters. The third-order valence-corrected chi connectivity index (χ3v) is 3.51. The summed E-state index contributed by atoms with van der Waals surface area (Å²) in [6.07, 6.45) is 2.78. The van der Waals surface area contributed by atoms with Crippen LogP contribution in [0.15, 0.2) is 30.5 Å². The van der Waals surface area contributed by atoms with Gasteiger partial charge in [0.1, 0.15) is 5.82 Å². The highest BCUT2D eigenvalue weighted by Crippen LogP contribution is 2.17. The van der Waals surface area contributed by atoms with Crippen molar-refractivity contribution in [2.75, 3.05) is 5.32 Å². The van der Waals surface area contributed by atoms with Gasteiger partial charge in [0.05, 0.1) is 0 Å².